The van der Waals surface area contributed by atoms with Crippen LogP contribution in [0, 0.1) is 0 Å². The van der Waals surface area contributed by atoms with Crippen molar-refractivity contribution in [3.05, 3.63) is 59.1 Å². The summed E-state index contributed by atoms with van der Waals surface area (Å²) in [6.07, 6.45) is 2.01. The fourth-order valence-electron chi connectivity index (χ4n) is 2.89. The van der Waals surface area contributed by atoms with Gasteiger partial charge in [0, 0.05) is 23.7 Å². The summed E-state index contributed by atoms with van der Waals surface area (Å²) in [4.78, 5) is 24.9. The molecule has 2 N–H and O–H groups in total. The van der Waals surface area contributed by atoms with E-state index in [0.29, 0.717) is 27.3 Å². The zero-order valence-electron chi connectivity index (χ0n) is 16.3. The molecule has 154 valence electrons. The van der Waals surface area contributed by atoms with Gasteiger partial charge < -0.3 is 15.2 Å². The number of aromatic nitrogens is 3. The molecule has 1 saturated carbocycles. The Bertz CT molecular complexity index is 1080. The minimum Gasteiger partial charge on any atom is -0.349 e. The Labute approximate surface area is 183 Å². The van der Waals surface area contributed by atoms with Crippen LogP contribution in [0.15, 0.2) is 53.7 Å². The molecule has 0 spiro atoms. The average Bonchev–Trinajstić information content (AvgIpc) is 3.48. The van der Waals surface area contributed by atoms with Gasteiger partial charge in [-0.1, -0.05) is 35.5 Å². The molecule has 0 unspecified atom stereocenters. The first-order valence-electron chi connectivity index (χ1n) is 9.49. The van der Waals surface area contributed by atoms with E-state index in [-0.39, 0.29) is 23.6 Å². The second-order valence-electron chi connectivity index (χ2n) is 7.00. The van der Waals surface area contributed by atoms with Crippen LogP contribution in [-0.4, -0.2) is 38.4 Å². The average molecular weight is 442 g/mol. The van der Waals surface area contributed by atoms with Gasteiger partial charge in [0.2, 0.25) is 5.91 Å². The number of hydrogen-bond donors (Lipinski definition) is 2. The van der Waals surface area contributed by atoms with Crippen LogP contribution in [0.25, 0.3) is 11.4 Å². The molecule has 1 heterocycles. The van der Waals surface area contributed by atoms with Gasteiger partial charge in [-0.05, 0) is 49.2 Å². The zero-order valence-corrected chi connectivity index (χ0v) is 17.8. The topological polar surface area (TPSA) is 88.9 Å². The summed E-state index contributed by atoms with van der Waals surface area (Å²) >= 11 is 7.22. The van der Waals surface area contributed by atoms with Crippen molar-refractivity contribution >= 4 is 40.9 Å². The van der Waals surface area contributed by atoms with Gasteiger partial charge in [0.15, 0.2) is 11.0 Å². The molecule has 0 bridgehead atoms. The Hall–Kier alpha value is -2.84. The van der Waals surface area contributed by atoms with Gasteiger partial charge in [-0.2, -0.15) is 0 Å². The van der Waals surface area contributed by atoms with E-state index in [1.165, 1.54) is 11.8 Å². The van der Waals surface area contributed by atoms with Crippen LogP contribution in [0.3, 0.4) is 0 Å². The summed E-state index contributed by atoms with van der Waals surface area (Å²) in [5.41, 5.74) is 1.86. The third kappa shape index (κ3) is 4.83. The highest BCUT2D eigenvalue weighted by Crippen LogP contribution is 2.25. The lowest BCUT2D eigenvalue weighted by Gasteiger charge is -2.11. The SMILES string of the molecule is Cn1c(SCC(=O)Nc2ccccc2C(=O)NC2CC2)nnc1-c1ccc(Cl)cc1. The van der Waals surface area contributed by atoms with Gasteiger partial charge in [0.1, 0.15) is 0 Å². The molecule has 0 atom stereocenters. The molecule has 3 aromatic rings. The van der Waals surface area contributed by atoms with Gasteiger partial charge in [0.25, 0.3) is 5.91 Å². The largest absolute Gasteiger partial charge is 0.349 e. The van der Waals surface area contributed by atoms with Crippen LogP contribution in [0.5, 0.6) is 0 Å². The van der Waals surface area contributed by atoms with E-state index >= 15 is 0 Å². The van der Waals surface area contributed by atoms with Crippen LogP contribution in [0.2, 0.25) is 5.02 Å². The first kappa shape index (κ1) is 20.4. The molecule has 9 heteroatoms. The summed E-state index contributed by atoms with van der Waals surface area (Å²) in [6, 6.07) is 14.6. The number of thioether (sulfide) groups is 1. The van der Waals surface area contributed by atoms with Gasteiger partial charge in [-0.3, -0.25) is 9.59 Å². The Balaban J connectivity index is 1.39. The number of rotatable bonds is 7. The number of nitrogens with zero attached hydrogens (tertiary/aromatic N) is 3. The Morgan fingerprint density at radius 3 is 2.60 bits per heavy atom. The van der Waals surface area contributed by atoms with Gasteiger partial charge in [0.05, 0.1) is 17.0 Å². The molecule has 7 nitrogen and oxygen atoms in total. The van der Waals surface area contributed by atoms with E-state index in [1.807, 2.05) is 23.7 Å². The smallest absolute Gasteiger partial charge is 0.253 e. The highest BCUT2D eigenvalue weighted by atomic mass is 35.5. The molecule has 2 aromatic carbocycles. The quantitative estimate of drug-likeness (QED) is 0.545. The number of amides is 2. The first-order valence-corrected chi connectivity index (χ1v) is 10.9. The minimum absolute atomic E-state index is 0.144. The lowest BCUT2D eigenvalue weighted by Crippen LogP contribution is -2.27. The Kier molecular flexibility index (Phi) is 6.06. The standard InChI is InChI=1S/C21H20ClN5O2S/c1-27-19(13-6-8-14(22)9-7-13)25-26-21(27)30-12-18(28)24-17-5-3-2-4-16(17)20(29)23-15-10-11-15/h2-9,15H,10-12H2,1H3,(H,23,29)(H,24,28). The molecule has 1 aliphatic rings. The maximum atomic E-state index is 12.5. The van der Waals surface area contributed by atoms with Crippen molar-refractivity contribution < 1.29 is 9.59 Å². The van der Waals surface area contributed by atoms with Crippen molar-refractivity contribution in [2.24, 2.45) is 7.05 Å². The third-order valence-corrected chi connectivity index (χ3v) is 5.90. The number of nitrogens with one attached hydrogen (secondary N) is 2. The predicted molar refractivity (Wildman–Crippen MR) is 118 cm³/mol. The number of halogens is 1. The fourth-order valence-corrected chi connectivity index (χ4v) is 3.73. The summed E-state index contributed by atoms with van der Waals surface area (Å²) in [6.45, 7) is 0. The summed E-state index contributed by atoms with van der Waals surface area (Å²) in [7, 11) is 1.85. The number of benzene rings is 2. The molecule has 1 fully saturated rings. The maximum Gasteiger partial charge on any atom is 0.253 e. The van der Waals surface area contributed by atoms with Gasteiger partial charge in [-0.25, -0.2) is 0 Å². The van der Waals surface area contributed by atoms with E-state index in [2.05, 4.69) is 20.8 Å². The van der Waals surface area contributed by atoms with Crippen molar-refractivity contribution in [1.82, 2.24) is 20.1 Å². The molecule has 1 aliphatic carbocycles. The fraction of sp³-hybridized carbons (Fsp3) is 0.238. The molecule has 0 saturated heterocycles. The molecule has 2 amide bonds. The minimum atomic E-state index is -0.220. The summed E-state index contributed by atoms with van der Waals surface area (Å²) in [5, 5.41) is 15.4. The summed E-state index contributed by atoms with van der Waals surface area (Å²) in [5.74, 6) is 0.451. The second-order valence-corrected chi connectivity index (χ2v) is 8.38. The molecule has 0 radical (unpaired) electrons. The van der Waals surface area contributed by atoms with Crippen molar-refractivity contribution in [1.29, 1.82) is 0 Å². The number of carbonyl (C=O) groups is 2. The molecule has 4 rings (SSSR count). The second kappa shape index (κ2) is 8.89. The zero-order chi connectivity index (χ0) is 21.1. The van der Waals surface area contributed by atoms with Gasteiger partial charge >= 0.3 is 0 Å². The van der Waals surface area contributed by atoms with Crippen LogP contribution in [-0.2, 0) is 11.8 Å². The summed E-state index contributed by atoms with van der Waals surface area (Å²) < 4.78 is 1.83. The third-order valence-electron chi connectivity index (χ3n) is 4.63. The van der Waals surface area contributed by atoms with E-state index in [9.17, 15) is 9.59 Å². The molecule has 0 aliphatic heterocycles. The highest BCUT2D eigenvalue weighted by molar-refractivity contribution is 7.99. The van der Waals surface area contributed by atoms with E-state index in [0.717, 1.165) is 18.4 Å². The monoisotopic (exact) mass is 441 g/mol. The lowest BCUT2D eigenvalue weighted by molar-refractivity contribution is -0.113. The Morgan fingerprint density at radius 2 is 1.87 bits per heavy atom. The van der Waals surface area contributed by atoms with Crippen molar-refractivity contribution in [2.45, 2.75) is 24.0 Å². The molecule has 30 heavy (non-hydrogen) atoms. The predicted octanol–water partition coefficient (Wildman–Crippen LogP) is 3.76. The normalized spacial score (nSPS) is 13.1. The van der Waals surface area contributed by atoms with E-state index in [1.54, 1.807) is 36.4 Å². The van der Waals surface area contributed by atoms with Crippen molar-refractivity contribution in [3.8, 4) is 11.4 Å². The number of hydrogen-bond acceptors (Lipinski definition) is 5. The molecule has 1 aromatic heterocycles. The highest BCUT2D eigenvalue weighted by Gasteiger charge is 2.25. The van der Waals surface area contributed by atoms with Crippen molar-refractivity contribution in [2.75, 3.05) is 11.1 Å². The lowest BCUT2D eigenvalue weighted by atomic mass is 10.1. The Morgan fingerprint density at radius 1 is 1.13 bits per heavy atom. The molecular weight excluding hydrogens is 422 g/mol. The van der Waals surface area contributed by atoms with E-state index in [4.69, 9.17) is 11.6 Å². The van der Waals surface area contributed by atoms with Crippen LogP contribution in [0.4, 0.5) is 5.69 Å². The van der Waals surface area contributed by atoms with E-state index < -0.39 is 0 Å². The number of anilines is 1. The van der Waals surface area contributed by atoms with Crippen molar-refractivity contribution in [3.63, 3.8) is 0 Å². The van der Waals surface area contributed by atoms with Crippen LogP contribution < -0.4 is 10.6 Å². The first-order chi connectivity index (χ1) is 14.5. The molecular formula is C21H20ClN5O2S. The number of carbonyl (C=O) groups excluding carboxylic acids is 2. The number of para-hydroxylation sites is 1. The maximum absolute atomic E-state index is 12.5. The van der Waals surface area contributed by atoms with Crippen LogP contribution in [0.1, 0.15) is 23.2 Å². The van der Waals surface area contributed by atoms with Gasteiger partial charge in [-0.15, -0.1) is 10.2 Å². The van der Waals surface area contributed by atoms with Crippen LogP contribution >= 0.6 is 23.4 Å².